The average Bonchev–Trinajstić information content (AvgIpc) is 2.65. The van der Waals surface area contributed by atoms with Gasteiger partial charge in [0.1, 0.15) is 30.3 Å². The van der Waals surface area contributed by atoms with Gasteiger partial charge in [-0.1, -0.05) is 15.9 Å². The first-order valence-electron chi connectivity index (χ1n) is 8.56. The van der Waals surface area contributed by atoms with Crippen molar-refractivity contribution in [2.24, 2.45) is 0 Å². The predicted octanol–water partition coefficient (Wildman–Crippen LogP) is 4.64. The van der Waals surface area contributed by atoms with Crippen LogP contribution in [0.3, 0.4) is 0 Å². The Hall–Kier alpha value is -2.95. The van der Waals surface area contributed by atoms with E-state index in [-0.39, 0.29) is 11.4 Å². The molecule has 1 heterocycles. The van der Waals surface area contributed by atoms with Gasteiger partial charge in [-0.25, -0.2) is 14.4 Å². The Bertz CT molecular complexity index is 1090. The van der Waals surface area contributed by atoms with Crippen LogP contribution in [0.15, 0.2) is 41.1 Å². The normalized spacial score (nSPS) is 11.4. The summed E-state index contributed by atoms with van der Waals surface area (Å²) < 4.78 is 56.4. The lowest BCUT2D eigenvalue weighted by Gasteiger charge is -2.15. The van der Waals surface area contributed by atoms with Crippen LogP contribution in [0.2, 0.25) is 0 Å². The SMILES string of the molecule is Cc1cc(Br)cc2ncnc(Nc3ccc(F)cc3OCC(=O)NCC(F)(F)F)c12. The van der Waals surface area contributed by atoms with Crippen molar-refractivity contribution in [3.05, 3.63) is 52.5 Å². The number of carbonyl (C=O) groups excluding carboxylic acids is 1. The first-order chi connectivity index (χ1) is 14.1. The third-order valence-electron chi connectivity index (χ3n) is 3.94. The molecule has 2 N–H and O–H groups in total. The summed E-state index contributed by atoms with van der Waals surface area (Å²) in [6.45, 7) is -0.329. The third-order valence-corrected chi connectivity index (χ3v) is 4.40. The molecule has 0 bridgehead atoms. The summed E-state index contributed by atoms with van der Waals surface area (Å²) in [5, 5.41) is 5.42. The second-order valence-corrected chi connectivity index (χ2v) is 7.20. The standard InChI is InChI=1S/C19H15BrF4N4O2/c1-10-4-11(20)5-14-17(10)18(27-9-26-14)28-13-3-2-12(21)6-15(13)30-7-16(29)25-8-19(22,23)24/h2-6,9H,7-8H2,1H3,(H,25,29)(H,26,27,28). The molecule has 0 saturated heterocycles. The molecule has 1 aromatic heterocycles. The number of nitrogens with one attached hydrogen (secondary N) is 2. The molecule has 2 aromatic carbocycles. The van der Waals surface area contributed by atoms with Gasteiger partial charge in [0.15, 0.2) is 6.61 Å². The summed E-state index contributed by atoms with van der Waals surface area (Å²) in [6.07, 6.45) is -3.19. The maximum Gasteiger partial charge on any atom is 0.405 e. The summed E-state index contributed by atoms with van der Waals surface area (Å²) in [5.41, 5.74) is 1.82. The van der Waals surface area contributed by atoms with Crippen molar-refractivity contribution >= 4 is 44.2 Å². The first kappa shape index (κ1) is 21.8. The van der Waals surface area contributed by atoms with Gasteiger partial charge in [0.25, 0.3) is 5.91 Å². The smallest absolute Gasteiger partial charge is 0.405 e. The van der Waals surface area contributed by atoms with E-state index in [1.54, 1.807) is 5.32 Å². The van der Waals surface area contributed by atoms with Crippen LogP contribution in [-0.2, 0) is 4.79 Å². The van der Waals surface area contributed by atoms with Crippen molar-refractivity contribution in [2.75, 3.05) is 18.5 Å². The van der Waals surface area contributed by atoms with Crippen LogP contribution in [0, 0.1) is 12.7 Å². The van der Waals surface area contributed by atoms with E-state index in [1.165, 1.54) is 18.5 Å². The molecule has 0 spiro atoms. The molecule has 11 heteroatoms. The zero-order valence-corrected chi connectivity index (χ0v) is 17.1. The number of hydrogen-bond donors (Lipinski definition) is 2. The zero-order valence-electron chi connectivity index (χ0n) is 15.5. The number of alkyl halides is 3. The number of ether oxygens (including phenoxy) is 1. The fourth-order valence-corrected chi connectivity index (χ4v) is 3.24. The van der Waals surface area contributed by atoms with Crippen LogP contribution >= 0.6 is 15.9 Å². The molecule has 30 heavy (non-hydrogen) atoms. The summed E-state index contributed by atoms with van der Waals surface area (Å²) in [7, 11) is 0. The zero-order chi connectivity index (χ0) is 21.9. The van der Waals surface area contributed by atoms with Crippen molar-refractivity contribution < 1.29 is 27.1 Å². The molecule has 0 radical (unpaired) electrons. The van der Waals surface area contributed by atoms with E-state index in [4.69, 9.17) is 4.74 Å². The van der Waals surface area contributed by atoms with E-state index in [0.29, 0.717) is 11.3 Å². The minimum atomic E-state index is -4.54. The molecule has 158 valence electrons. The molecular weight excluding hydrogens is 472 g/mol. The highest BCUT2D eigenvalue weighted by molar-refractivity contribution is 9.10. The summed E-state index contributed by atoms with van der Waals surface area (Å²) in [6, 6.07) is 7.25. The van der Waals surface area contributed by atoms with Crippen LogP contribution in [0.25, 0.3) is 10.9 Å². The van der Waals surface area contributed by atoms with Crippen molar-refractivity contribution in [1.82, 2.24) is 15.3 Å². The molecule has 3 aromatic rings. The summed E-state index contributed by atoms with van der Waals surface area (Å²) in [5.74, 6) is -1.27. The second-order valence-electron chi connectivity index (χ2n) is 6.29. The summed E-state index contributed by atoms with van der Waals surface area (Å²) >= 11 is 3.40. The quantitative estimate of drug-likeness (QED) is 0.496. The van der Waals surface area contributed by atoms with Crippen LogP contribution in [0.5, 0.6) is 5.75 Å². The maximum atomic E-state index is 13.7. The molecule has 0 aliphatic rings. The van der Waals surface area contributed by atoms with E-state index < -0.39 is 31.1 Å². The Labute approximate surface area is 176 Å². The number of benzene rings is 2. The fourth-order valence-electron chi connectivity index (χ4n) is 2.68. The molecule has 0 unspecified atom stereocenters. The van der Waals surface area contributed by atoms with Crippen LogP contribution in [0.4, 0.5) is 29.1 Å². The monoisotopic (exact) mass is 486 g/mol. The number of carbonyl (C=O) groups is 1. The van der Waals surface area contributed by atoms with E-state index in [9.17, 15) is 22.4 Å². The van der Waals surface area contributed by atoms with Gasteiger partial charge in [-0.15, -0.1) is 0 Å². The lowest BCUT2D eigenvalue weighted by Crippen LogP contribution is -2.36. The number of anilines is 2. The van der Waals surface area contributed by atoms with Crippen LogP contribution < -0.4 is 15.4 Å². The minimum Gasteiger partial charge on any atom is -0.481 e. The molecule has 0 aliphatic heterocycles. The molecule has 0 atom stereocenters. The molecule has 0 saturated carbocycles. The van der Waals surface area contributed by atoms with Gasteiger partial charge < -0.3 is 15.4 Å². The van der Waals surface area contributed by atoms with Crippen molar-refractivity contribution in [1.29, 1.82) is 0 Å². The number of nitrogens with zero attached hydrogens (tertiary/aromatic N) is 2. The summed E-state index contributed by atoms with van der Waals surface area (Å²) in [4.78, 5) is 20.0. The van der Waals surface area contributed by atoms with Gasteiger partial charge in [-0.2, -0.15) is 13.2 Å². The number of amides is 1. The highest BCUT2D eigenvalue weighted by Gasteiger charge is 2.27. The molecule has 0 aliphatic carbocycles. The highest BCUT2D eigenvalue weighted by Crippen LogP contribution is 2.33. The minimum absolute atomic E-state index is 0.0568. The number of hydrogen-bond acceptors (Lipinski definition) is 5. The van der Waals surface area contributed by atoms with Gasteiger partial charge in [-0.05, 0) is 36.8 Å². The molecule has 0 fully saturated rings. The van der Waals surface area contributed by atoms with E-state index in [2.05, 4.69) is 31.2 Å². The van der Waals surface area contributed by atoms with E-state index in [1.807, 2.05) is 19.1 Å². The Balaban J connectivity index is 1.83. The maximum absolute atomic E-state index is 13.7. The number of halogens is 5. The van der Waals surface area contributed by atoms with Gasteiger partial charge in [0.2, 0.25) is 0 Å². The number of aromatic nitrogens is 2. The predicted molar refractivity (Wildman–Crippen MR) is 106 cm³/mol. The van der Waals surface area contributed by atoms with Gasteiger partial charge in [0, 0.05) is 15.9 Å². The van der Waals surface area contributed by atoms with Crippen molar-refractivity contribution in [3.8, 4) is 5.75 Å². The third kappa shape index (κ3) is 5.56. The lowest BCUT2D eigenvalue weighted by atomic mass is 10.1. The molecular formula is C19H15BrF4N4O2. The Kier molecular flexibility index (Phi) is 6.40. The van der Waals surface area contributed by atoms with Crippen LogP contribution in [-0.4, -0.2) is 35.2 Å². The van der Waals surface area contributed by atoms with E-state index in [0.717, 1.165) is 21.5 Å². The largest absolute Gasteiger partial charge is 0.481 e. The van der Waals surface area contributed by atoms with Crippen molar-refractivity contribution in [3.63, 3.8) is 0 Å². The number of rotatable bonds is 6. The molecule has 3 rings (SSSR count). The van der Waals surface area contributed by atoms with Crippen LogP contribution in [0.1, 0.15) is 5.56 Å². The Morgan fingerprint density at radius 1 is 1.20 bits per heavy atom. The van der Waals surface area contributed by atoms with Gasteiger partial charge >= 0.3 is 6.18 Å². The second kappa shape index (κ2) is 8.82. The Morgan fingerprint density at radius 3 is 2.70 bits per heavy atom. The molecule has 1 amide bonds. The van der Waals surface area contributed by atoms with Crippen molar-refractivity contribution in [2.45, 2.75) is 13.1 Å². The first-order valence-corrected chi connectivity index (χ1v) is 9.35. The van der Waals surface area contributed by atoms with E-state index >= 15 is 0 Å². The lowest BCUT2D eigenvalue weighted by molar-refractivity contribution is -0.139. The average molecular weight is 487 g/mol. The highest BCUT2D eigenvalue weighted by atomic mass is 79.9. The molecule has 6 nitrogen and oxygen atoms in total. The van der Waals surface area contributed by atoms with Gasteiger partial charge in [0.05, 0.1) is 11.2 Å². The number of fused-ring (bicyclic) bond motifs is 1. The topological polar surface area (TPSA) is 76.1 Å². The Morgan fingerprint density at radius 2 is 1.97 bits per heavy atom. The fraction of sp³-hybridized carbons (Fsp3) is 0.211. The van der Waals surface area contributed by atoms with Gasteiger partial charge in [-0.3, -0.25) is 4.79 Å². The number of aryl methyl sites for hydroxylation is 1.